The fraction of sp³-hybridized carbons (Fsp3) is 0.364. The highest BCUT2D eigenvalue weighted by atomic mass is 32.2. The summed E-state index contributed by atoms with van der Waals surface area (Å²) in [5.41, 5.74) is -1.19. The minimum Gasteiger partial charge on any atom is -0.450 e. The van der Waals surface area contributed by atoms with Gasteiger partial charge in [0.05, 0.1) is 16.0 Å². The predicted molar refractivity (Wildman–Crippen MR) is 169 cm³/mol. The number of amides is 2. The second kappa shape index (κ2) is 12.3. The maximum atomic E-state index is 15.7. The van der Waals surface area contributed by atoms with Gasteiger partial charge in [0.1, 0.15) is 17.0 Å². The van der Waals surface area contributed by atoms with Crippen LogP contribution in [0.3, 0.4) is 0 Å². The van der Waals surface area contributed by atoms with Crippen molar-refractivity contribution in [3.63, 3.8) is 0 Å². The molecule has 2 aromatic carbocycles. The van der Waals surface area contributed by atoms with Crippen molar-refractivity contribution in [1.82, 2.24) is 8.96 Å². The molecule has 2 heterocycles. The van der Waals surface area contributed by atoms with Gasteiger partial charge in [0, 0.05) is 24.5 Å². The average molecular weight is 658 g/mol. The summed E-state index contributed by atoms with van der Waals surface area (Å²) >= 11 is 0. The molecule has 2 aromatic heterocycles. The van der Waals surface area contributed by atoms with Crippen molar-refractivity contribution < 1.29 is 41.0 Å². The number of aromatic nitrogens is 2. The SMILES string of the molecule is Cc1ccc(S(=O)(=O)n2cc(C(C)C)c3c(Oc4c(F)cc(N(C(=O)OC(C)(C)C)C(=O)OC(C)(C)C)cc4F)ccnc32)cc1. The van der Waals surface area contributed by atoms with Crippen molar-refractivity contribution in [2.24, 2.45) is 0 Å². The smallest absolute Gasteiger partial charge is 0.424 e. The van der Waals surface area contributed by atoms with Gasteiger partial charge < -0.3 is 14.2 Å². The van der Waals surface area contributed by atoms with Crippen LogP contribution in [0.2, 0.25) is 0 Å². The summed E-state index contributed by atoms with van der Waals surface area (Å²) in [6.07, 6.45) is 0.269. The predicted octanol–water partition coefficient (Wildman–Crippen LogP) is 8.45. The van der Waals surface area contributed by atoms with Crippen LogP contribution in [0, 0.1) is 18.6 Å². The number of imide groups is 1. The topological polar surface area (TPSA) is 117 Å². The van der Waals surface area contributed by atoms with E-state index in [4.69, 9.17) is 14.2 Å². The molecule has 0 fully saturated rings. The number of nitrogens with zero attached hydrogens (tertiary/aromatic N) is 3. The Morgan fingerprint density at radius 2 is 1.41 bits per heavy atom. The molecule has 0 N–H and O–H groups in total. The molecule has 0 bridgehead atoms. The van der Waals surface area contributed by atoms with Crippen LogP contribution in [0.5, 0.6) is 11.5 Å². The van der Waals surface area contributed by atoms with Crippen LogP contribution in [-0.4, -0.2) is 40.8 Å². The normalized spacial score (nSPS) is 12.3. The molecule has 4 aromatic rings. The molecule has 0 unspecified atom stereocenters. The molecule has 0 aliphatic carbocycles. The van der Waals surface area contributed by atoms with Gasteiger partial charge in [-0.15, -0.1) is 0 Å². The van der Waals surface area contributed by atoms with Crippen molar-refractivity contribution in [2.75, 3.05) is 4.90 Å². The first-order valence-corrected chi connectivity index (χ1v) is 15.9. The Labute approximate surface area is 266 Å². The lowest BCUT2D eigenvalue weighted by molar-refractivity contribution is 0.0430. The molecule has 13 heteroatoms. The Morgan fingerprint density at radius 3 is 1.89 bits per heavy atom. The molecule has 0 saturated heterocycles. The molecule has 0 spiro atoms. The fourth-order valence-corrected chi connectivity index (χ4v) is 5.76. The van der Waals surface area contributed by atoms with Crippen molar-refractivity contribution in [1.29, 1.82) is 0 Å². The Morgan fingerprint density at radius 1 is 0.891 bits per heavy atom. The monoisotopic (exact) mass is 657 g/mol. The molecule has 10 nitrogen and oxygen atoms in total. The van der Waals surface area contributed by atoms with E-state index in [1.54, 1.807) is 53.7 Å². The average Bonchev–Trinajstić information content (AvgIpc) is 3.31. The second-order valence-corrected chi connectivity index (χ2v) is 14.8. The van der Waals surface area contributed by atoms with E-state index in [-0.39, 0.29) is 27.6 Å². The van der Waals surface area contributed by atoms with Crippen molar-refractivity contribution in [3.8, 4) is 11.5 Å². The van der Waals surface area contributed by atoms with Gasteiger partial charge in [-0.3, -0.25) is 0 Å². The number of carbonyl (C=O) groups is 2. The Balaban J connectivity index is 1.81. The number of hydrogen-bond acceptors (Lipinski definition) is 8. The number of aryl methyl sites for hydroxylation is 1. The summed E-state index contributed by atoms with van der Waals surface area (Å²) in [5, 5.41) is 0.236. The van der Waals surface area contributed by atoms with Gasteiger partial charge in [0.15, 0.2) is 23.0 Å². The zero-order valence-electron chi connectivity index (χ0n) is 27.1. The van der Waals surface area contributed by atoms with E-state index in [9.17, 15) is 18.0 Å². The lowest BCUT2D eigenvalue weighted by atomic mass is 10.0. The minimum atomic E-state index is -4.10. The number of pyridine rings is 1. The van der Waals surface area contributed by atoms with E-state index in [1.165, 1.54) is 30.6 Å². The molecular formula is C33H37F2N3O7S. The molecule has 0 atom stereocenters. The van der Waals surface area contributed by atoms with Crippen LogP contribution < -0.4 is 9.64 Å². The van der Waals surface area contributed by atoms with E-state index >= 15 is 8.78 Å². The largest absolute Gasteiger partial charge is 0.450 e. The third-order valence-electron chi connectivity index (χ3n) is 6.45. The number of rotatable bonds is 6. The lowest BCUT2D eigenvalue weighted by Gasteiger charge is -2.28. The van der Waals surface area contributed by atoms with Gasteiger partial charge in [0.25, 0.3) is 10.0 Å². The van der Waals surface area contributed by atoms with Gasteiger partial charge in [-0.05, 0) is 78.1 Å². The van der Waals surface area contributed by atoms with Crippen LogP contribution >= 0.6 is 0 Å². The van der Waals surface area contributed by atoms with Gasteiger partial charge in [-0.1, -0.05) is 31.5 Å². The zero-order chi connectivity index (χ0) is 34.4. The van der Waals surface area contributed by atoms with Crippen LogP contribution in [0.15, 0.2) is 59.8 Å². The Bertz CT molecular complexity index is 1860. The standard InChI is InChI=1S/C33H37F2N3O7S/c1-19(2)23-18-37(46(41,42)22-12-10-20(3)11-13-22)29-27(23)26(14-15-36-29)43-28-24(34)16-21(17-25(28)35)38(30(39)44-32(4,5)6)31(40)45-33(7,8)9/h10-19H,1-9H3. The van der Waals surface area contributed by atoms with Crippen LogP contribution in [0.25, 0.3) is 11.0 Å². The quantitative estimate of drug-likeness (QED) is 0.203. The molecule has 0 saturated carbocycles. The maximum Gasteiger partial charge on any atom is 0.424 e. The lowest BCUT2D eigenvalue weighted by Crippen LogP contribution is -2.43. The van der Waals surface area contributed by atoms with Crippen molar-refractivity contribution >= 4 is 38.9 Å². The number of halogens is 2. The van der Waals surface area contributed by atoms with Crippen molar-refractivity contribution in [3.05, 3.63) is 77.6 Å². The van der Waals surface area contributed by atoms with E-state index in [0.29, 0.717) is 10.5 Å². The number of hydrogen-bond donors (Lipinski definition) is 0. The molecule has 0 radical (unpaired) electrons. The van der Waals surface area contributed by atoms with Crippen LogP contribution in [-0.2, 0) is 19.5 Å². The molecular weight excluding hydrogens is 620 g/mol. The highest BCUT2D eigenvalue weighted by Crippen LogP contribution is 2.40. The van der Waals surface area contributed by atoms with Gasteiger partial charge in [-0.25, -0.2) is 35.7 Å². The Kier molecular flexibility index (Phi) is 9.22. The molecule has 0 aliphatic heterocycles. The summed E-state index contributed by atoms with van der Waals surface area (Å²) in [6.45, 7) is 14.9. The van der Waals surface area contributed by atoms with Gasteiger partial charge >= 0.3 is 12.2 Å². The maximum absolute atomic E-state index is 15.7. The summed E-state index contributed by atoms with van der Waals surface area (Å²) in [5.74, 6) is -3.66. The van der Waals surface area contributed by atoms with Gasteiger partial charge in [-0.2, -0.15) is 4.90 Å². The minimum absolute atomic E-state index is 0.000220. The first-order chi connectivity index (χ1) is 21.2. The summed E-state index contributed by atoms with van der Waals surface area (Å²) in [4.78, 5) is 30.7. The molecule has 246 valence electrons. The fourth-order valence-electron chi connectivity index (χ4n) is 4.44. The van der Waals surface area contributed by atoms with Crippen molar-refractivity contribution in [2.45, 2.75) is 84.3 Å². The van der Waals surface area contributed by atoms with E-state index < -0.39 is 56.5 Å². The molecule has 0 aliphatic rings. The molecule has 46 heavy (non-hydrogen) atoms. The first-order valence-electron chi connectivity index (χ1n) is 14.4. The Hall–Kier alpha value is -4.52. The van der Waals surface area contributed by atoms with E-state index in [0.717, 1.165) is 21.7 Å². The highest BCUT2D eigenvalue weighted by Gasteiger charge is 2.34. The number of fused-ring (bicyclic) bond motifs is 1. The molecule has 4 rings (SSSR count). The summed E-state index contributed by atoms with van der Waals surface area (Å²) < 4.78 is 76.0. The zero-order valence-corrected chi connectivity index (χ0v) is 28.0. The van der Waals surface area contributed by atoms with E-state index in [2.05, 4.69) is 4.98 Å². The number of ether oxygens (including phenoxy) is 3. The van der Waals surface area contributed by atoms with E-state index in [1.807, 2.05) is 20.8 Å². The number of carbonyl (C=O) groups excluding carboxylic acids is 2. The number of benzene rings is 2. The highest BCUT2D eigenvalue weighted by molar-refractivity contribution is 7.90. The third-order valence-corrected chi connectivity index (χ3v) is 8.12. The summed E-state index contributed by atoms with van der Waals surface area (Å²) in [7, 11) is -4.10. The number of anilines is 1. The van der Waals surface area contributed by atoms with Crippen LogP contribution in [0.1, 0.15) is 72.4 Å². The van der Waals surface area contributed by atoms with Gasteiger partial charge in [0.2, 0.25) is 0 Å². The van der Waals surface area contributed by atoms with Crippen LogP contribution in [0.4, 0.5) is 24.1 Å². The summed E-state index contributed by atoms with van der Waals surface area (Å²) in [6, 6.07) is 9.14. The first kappa shape index (κ1) is 34.4. The molecule has 2 amide bonds. The third kappa shape index (κ3) is 7.30. The second-order valence-electron chi connectivity index (χ2n) is 13.0.